The van der Waals surface area contributed by atoms with Crippen LogP contribution in [-0.2, 0) is 0 Å². The average molecular weight is 664 g/mol. The Morgan fingerprint density at radius 3 is 1.77 bits per heavy atom. The molecule has 1 aromatic heterocycles. The summed E-state index contributed by atoms with van der Waals surface area (Å²) >= 11 is 0. The molecule has 0 saturated heterocycles. The lowest BCUT2D eigenvalue weighted by molar-refractivity contribution is 0.670. The molecule has 2 nitrogen and oxygen atoms in total. The second kappa shape index (κ2) is 12.5. The van der Waals surface area contributed by atoms with E-state index in [9.17, 15) is 0 Å². The van der Waals surface area contributed by atoms with Crippen LogP contribution in [0.25, 0.3) is 76.9 Å². The molecule has 0 fully saturated rings. The average Bonchev–Trinajstić information content (AvgIpc) is 3.61. The van der Waals surface area contributed by atoms with Crippen molar-refractivity contribution >= 4 is 60.5 Å². The summed E-state index contributed by atoms with van der Waals surface area (Å²) in [5.41, 5.74) is 12.0. The van der Waals surface area contributed by atoms with Gasteiger partial charge in [0.2, 0.25) is 0 Å². The van der Waals surface area contributed by atoms with Crippen molar-refractivity contribution in [3.63, 3.8) is 0 Å². The molecule has 0 amide bonds. The van der Waals surface area contributed by atoms with E-state index >= 15 is 0 Å². The molecule has 0 spiro atoms. The van der Waals surface area contributed by atoms with Crippen molar-refractivity contribution in [1.82, 2.24) is 0 Å². The molecule has 0 saturated carbocycles. The van der Waals surface area contributed by atoms with Gasteiger partial charge in [-0.05, 0) is 86.3 Å². The van der Waals surface area contributed by atoms with Gasteiger partial charge in [-0.3, -0.25) is 0 Å². The van der Waals surface area contributed by atoms with E-state index in [0.29, 0.717) is 0 Å². The molecule has 0 aliphatic rings. The number of furan rings is 1. The highest BCUT2D eigenvalue weighted by Gasteiger charge is 2.20. The molecule has 244 valence electrons. The third-order valence-electron chi connectivity index (χ3n) is 10.3. The lowest BCUT2D eigenvalue weighted by Gasteiger charge is -2.28. The number of benzene rings is 9. The van der Waals surface area contributed by atoms with Gasteiger partial charge in [0.05, 0.1) is 5.69 Å². The molecule has 0 aliphatic heterocycles. The van der Waals surface area contributed by atoms with Crippen molar-refractivity contribution in [2.75, 3.05) is 4.90 Å². The quantitative estimate of drug-likeness (QED) is 0.165. The highest BCUT2D eigenvalue weighted by atomic mass is 16.3. The van der Waals surface area contributed by atoms with Crippen molar-refractivity contribution in [1.29, 1.82) is 0 Å². The van der Waals surface area contributed by atoms with E-state index in [-0.39, 0.29) is 0 Å². The van der Waals surface area contributed by atoms with Gasteiger partial charge < -0.3 is 9.32 Å². The minimum absolute atomic E-state index is 0.908. The van der Waals surface area contributed by atoms with Crippen LogP contribution in [0.5, 0.6) is 0 Å². The van der Waals surface area contributed by atoms with E-state index in [1.807, 2.05) is 12.1 Å². The van der Waals surface area contributed by atoms with Crippen LogP contribution in [0.4, 0.5) is 17.1 Å². The Bertz CT molecular complexity index is 2890. The zero-order valence-corrected chi connectivity index (χ0v) is 28.4. The number of rotatable bonds is 6. The summed E-state index contributed by atoms with van der Waals surface area (Å²) in [6.45, 7) is 0. The van der Waals surface area contributed by atoms with Gasteiger partial charge in [0.15, 0.2) is 0 Å². The summed E-state index contributed by atoms with van der Waals surface area (Å²) in [4.78, 5) is 2.37. The monoisotopic (exact) mass is 663 g/mol. The first-order valence-corrected chi connectivity index (χ1v) is 17.8. The van der Waals surface area contributed by atoms with Gasteiger partial charge in [-0.25, -0.2) is 0 Å². The van der Waals surface area contributed by atoms with E-state index in [0.717, 1.165) is 55.7 Å². The molecular formula is C50H33NO. The predicted octanol–water partition coefficient (Wildman–Crippen LogP) is 14.4. The Balaban J connectivity index is 1.13. The van der Waals surface area contributed by atoms with Crippen LogP contribution in [0.2, 0.25) is 0 Å². The standard InChI is InChI=1S/C50H33NO/c1-3-13-34(14-4-1)47-33-37(41-20-11-22-43-40-18-8-7-15-35(40)27-31-44(41)43)28-32-48(47)51(38-16-5-2-6-17-38)39-29-25-36(26-30-39)42-21-12-23-46-45-19-9-10-24-49(45)52-50(42)46/h1-33H. The molecule has 0 N–H and O–H groups in total. The van der Waals surface area contributed by atoms with Crippen molar-refractivity contribution in [2.45, 2.75) is 0 Å². The number of anilines is 3. The van der Waals surface area contributed by atoms with Gasteiger partial charge in [0, 0.05) is 33.3 Å². The maximum atomic E-state index is 6.40. The van der Waals surface area contributed by atoms with Crippen LogP contribution in [0, 0.1) is 0 Å². The number of nitrogens with zero attached hydrogens (tertiary/aromatic N) is 1. The molecule has 1 heterocycles. The fourth-order valence-electron chi connectivity index (χ4n) is 7.81. The van der Waals surface area contributed by atoms with Crippen molar-refractivity contribution in [3.05, 3.63) is 200 Å². The van der Waals surface area contributed by atoms with Crippen LogP contribution in [0.3, 0.4) is 0 Å². The molecule has 9 aromatic carbocycles. The van der Waals surface area contributed by atoms with Crippen LogP contribution < -0.4 is 4.90 Å². The number of para-hydroxylation sites is 3. The first-order valence-electron chi connectivity index (χ1n) is 17.8. The summed E-state index contributed by atoms with van der Waals surface area (Å²) in [5, 5.41) is 7.33. The molecule has 10 aromatic rings. The Kier molecular flexibility index (Phi) is 7.18. The SMILES string of the molecule is c1ccc(-c2cc(-c3cccc4c3ccc3ccccc34)ccc2N(c2ccccc2)c2ccc(-c3cccc4c3oc3ccccc34)cc2)cc1. The fraction of sp³-hybridized carbons (Fsp3) is 0. The zero-order valence-electron chi connectivity index (χ0n) is 28.4. The highest BCUT2D eigenvalue weighted by Crippen LogP contribution is 2.44. The fourth-order valence-corrected chi connectivity index (χ4v) is 7.81. The molecule has 0 bridgehead atoms. The molecule has 52 heavy (non-hydrogen) atoms. The van der Waals surface area contributed by atoms with Gasteiger partial charge >= 0.3 is 0 Å². The first kappa shape index (κ1) is 30.0. The maximum Gasteiger partial charge on any atom is 0.143 e. The molecule has 2 heteroatoms. The molecule has 10 rings (SSSR count). The van der Waals surface area contributed by atoms with Gasteiger partial charge in [-0.1, -0.05) is 158 Å². The summed E-state index contributed by atoms with van der Waals surface area (Å²) < 4.78 is 6.40. The second-order valence-corrected chi connectivity index (χ2v) is 13.3. The third-order valence-corrected chi connectivity index (χ3v) is 10.3. The first-order chi connectivity index (χ1) is 25.8. The predicted molar refractivity (Wildman–Crippen MR) is 220 cm³/mol. The molecular weight excluding hydrogens is 631 g/mol. The lowest BCUT2D eigenvalue weighted by atomic mass is 9.92. The smallest absolute Gasteiger partial charge is 0.143 e. The Hall–Kier alpha value is -6.90. The maximum absolute atomic E-state index is 6.40. The van der Waals surface area contributed by atoms with Crippen LogP contribution in [0.15, 0.2) is 205 Å². The Morgan fingerprint density at radius 2 is 0.942 bits per heavy atom. The van der Waals surface area contributed by atoms with E-state index in [2.05, 4.69) is 193 Å². The Labute approximate surface area is 302 Å². The molecule has 0 unspecified atom stereocenters. The van der Waals surface area contributed by atoms with E-state index < -0.39 is 0 Å². The van der Waals surface area contributed by atoms with E-state index in [1.54, 1.807) is 0 Å². The minimum atomic E-state index is 0.908. The van der Waals surface area contributed by atoms with E-state index in [4.69, 9.17) is 4.42 Å². The van der Waals surface area contributed by atoms with E-state index in [1.165, 1.54) is 38.2 Å². The van der Waals surface area contributed by atoms with Crippen LogP contribution in [-0.4, -0.2) is 0 Å². The summed E-state index contributed by atoms with van der Waals surface area (Å²) in [6.07, 6.45) is 0. The van der Waals surface area contributed by atoms with Crippen molar-refractivity contribution in [2.24, 2.45) is 0 Å². The zero-order chi connectivity index (χ0) is 34.4. The van der Waals surface area contributed by atoms with Gasteiger partial charge in [0.1, 0.15) is 11.2 Å². The minimum Gasteiger partial charge on any atom is -0.455 e. The molecule has 0 aliphatic carbocycles. The lowest BCUT2D eigenvalue weighted by Crippen LogP contribution is -2.11. The third kappa shape index (κ3) is 5.04. The Morgan fingerprint density at radius 1 is 0.327 bits per heavy atom. The van der Waals surface area contributed by atoms with Crippen molar-refractivity contribution < 1.29 is 4.42 Å². The number of fused-ring (bicyclic) bond motifs is 6. The largest absolute Gasteiger partial charge is 0.455 e. The molecule has 0 radical (unpaired) electrons. The summed E-state index contributed by atoms with van der Waals surface area (Å²) in [5.74, 6) is 0. The van der Waals surface area contributed by atoms with Crippen molar-refractivity contribution in [3.8, 4) is 33.4 Å². The van der Waals surface area contributed by atoms with Gasteiger partial charge in [-0.15, -0.1) is 0 Å². The topological polar surface area (TPSA) is 16.4 Å². The molecule has 0 atom stereocenters. The number of hydrogen-bond donors (Lipinski definition) is 0. The summed E-state index contributed by atoms with van der Waals surface area (Å²) in [7, 11) is 0. The van der Waals surface area contributed by atoms with Gasteiger partial charge in [0.25, 0.3) is 0 Å². The number of hydrogen-bond acceptors (Lipinski definition) is 2. The summed E-state index contributed by atoms with van der Waals surface area (Å²) in [6, 6.07) is 71.7. The normalized spacial score (nSPS) is 11.5. The second-order valence-electron chi connectivity index (χ2n) is 13.3. The van der Waals surface area contributed by atoms with Gasteiger partial charge in [-0.2, -0.15) is 0 Å². The van der Waals surface area contributed by atoms with Crippen LogP contribution in [0.1, 0.15) is 0 Å². The highest BCUT2D eigenvalue weighted by molar-refractivity contribution is 6.12. The van der Waals surface area contributed by atoms with Crippen LogP contribution >= 0.6 is 0 Å².